The molecule has 1 aromatic carbocycles. The summed E-state index contributed by atoms with van der Waals surface area (Å²) in [5.41, 5.74) is 12.4. The van der Waals surface area contributed by atoms with Crippen molar-refractivity contribution in [3.8, 4) is 5.75 Å². The fourth-order valence-corrected chi connectivity index (χ4v) is 3.67. The molecule has 0 saturated heterocycles. The van der Waals surface area contributed by atoms with Gasteiger partial charge in [-0.2, -0.15) is 0 Å². The van der Waals surface area contributed by atoms with Gasteiger partial charge in [-0.05, 0) is 0 Å². The molecule has 4 heteroatoms. The summed E-state index contributed by atoms with van der Waals surface area (Å²) >= 11 is 4.22. The van der Waals surface area contributed by atoms with Crippen molar-refractivity contribution in [1.82, 2.24) is 10.1 Å². The van der Waals surface area contributed by atoms with Gasteiger partial charge in [-0.1, -0.05) is 0 Å². The predicted octanol–water partition coefficient (Wildman–Crippen LogP) is 4.63. The topological polar surface area (TPSA) is 56.1 Å². The van der Waals surface area contributed by atoms with Crippen molar-refractivity contribution in [3.05, 3.63) is 34.4 Å². The quantitative estimate of drug-likeness (QED) is 0.778. The second kappa shape index (κ2) is 7.43. The van der Waals surface area contributed by atoms with Crippen LogP contribution in [-0.4, -0.2) is 17.2 Å². The van der Waals surface area contributed by atoms with Crippen LogP contribution in [0.5, 0.6) is 5.75 Å². The first-order chi connectivity index (χ1) is 11.4. The van der Waals surface area contributed by atoms with Gasteiger partial charge in [0.15, 0.2) is 0 Å². The molecule has 141 valence electrons. The van der Waals surface area contributed by atoms with E-state index in [1.807, 2.05) is 6.08 Å². The van der Waals surface area contributed by atoms with Crippen LogP contribution >= 0.6 is 0 Å². The molecule has 1 aliphatic carbocycles. The SMILES string of the molecule is CC(C)(C)c1cc(C=C2CCCC([NH][Co])C2[NH])c(O)c(C(C)(C)C)c1. The Balaban J connectivity index is 2.58. The second-order valence-corrected chi connectivity index (χ2v) is 9.55. The van der Waals surface area contributed by atoms with E-state index in [0.717, 1.165) is 36.0 Å². The van der Waals surface area contributed by atoms with Crippen molar-refractivity contribution >= 4 is 6.08 Å². The average Bonchev–Trinajstić information content (AvgIpc) is 2.48. The van der Waals surface area contributed by atoms with Crippen LogP contribution in [0.2, 0.25) is 0 Å². The van der Waals surface area contributed by atoms with Gasteiger partial charge in [0.2, 0.25) is 0 Å². The van der Waals surface area contributed by atoms with E-state index in [1.54, 1.807) is 0 Å². The van der Waals surface area contributed by atoms with E-state index in [2.05, 4.69) is 74.0 Å². The third-order valence-corrected chi connectivity index (χ3v) is 5.45. The fraction of sp³-hybridized carbons (Fsp3) is 0.619. The molecule has 0 heterocycles. The van der Waals surface area contributed by atoms with Gasteiger partial charge >= 0.3 is 161 Å². The normalized spacial score (nSPS) is 24.0. The molecule has 1 aromatic rings. The summed E-state index contributed by atoms with van der Waals surface area (Å²) in [5, 5.41) is 10.9. The van der Waals surface area contributed by atoms with Crippen LogP contribution in [0.15, 0.2) is 17.7 Å². The molecule has 25 heavy (non-hydrogen) atoms. The molecular weight excluding hydrogens is 355 g/mol. The van der Waals surface area contributed by atoms with E-state index in [0.29, 0.717) is 5.75 Å². The molecule has 2 rings (SSSR count). The molecule has 0 bridgehead atoms. The Morgan fingerprint density at radius 3 is 2.32 bits per heavy atom. The minimum atomic E-state index is -0.319. The Kier molecular flexibility index (Phi) is 6.09. The van der Waals surface area contributed by atoms with Crippen molar-refractivity contribution in [3.63, 3.8) is 0 Å². The number of hydrogen-bond acceptors (Lipinski definition) is 2. The number of phenols is 1. The molecule has 3 nitrogen and oxygen atoms in total. The van der Waals surface area contributed by atoms with Crippen LogP contribution in [0.25, 0.3) is 6.08 Å². The van der Waals surface area contributed by atoms with Gasteiger partial charge in [-0.15, -0.1) is 0 Å². The number of nitrogens with one attached hydrogen (secondary N) is 2. The monoisotopic (exact) mass is 387 g/mol. The zero-order valence-electron chi connectivity index (χ0n) is 16.3. The van der Waals surface area contributed by atoms with Crippen LogP contribution in [0.4, 0.5) is 0 Å². The van der Waals surface area contributed by atoms with Gasteiger partial charge in [0, 0.05) is 0 Å². The Hall–Kier alpha value is -0.814. The molecule has 0 aliphatic heterocycles. The average molecular weight is 387 g/mol. The minimum absolute atomic E-state index is 0.00277. The molecule has 1 saturated carbocycles. The van der Waals surface area contributed by atoms with E-state index >= 15 is 0 Å². The molecular formula is C21H32CoN2O. The Morgan fingerprint density at radius 1 is 1.16 bits per heavy atom. The molecule has 3 N–H and O–H groups in total. The molecule has 0 amide bonds. The summed E-state index contributed by atoms with van der Waals surface area (Å²) < 4.78 is 2.95. The summed E-state index contributed by atoms with van der Waals surface area (Å²) in [6.07, 6.45) is 4.95. The van der Waals surface area contributed by atoms with Crippen molar-refractivity contribution in [2.24, 2.45) is 0 Å². The Morgan fingerprint density at radius 2 is 1.80 bits per heavy atom. The van der Waals surface area contributed by atoms with Gasteiger partial charge in [-0.3, -0.25) is 0 Å². The van der Waals surface area contributed by atoms with E-state index in [-0.39, 0.29) is 22.9 Å². The fourth-order valence-electron chi connectivity index (χ4n) is 3.34. The Bertz CT molecular complexity index is 653. The van der Waals surface area contributed by atoms with Gasteiger partial charge in [0.25, 0.3) is 0 Å². The maximum absolute atomic E-state index is 10.9. The molecule has 0 aromatic heterocycles. The van der Waals surface area contributed by atoms with Crippen LogP contribution in [0.1, 0.15) is 77.5 Å². The first-order valence-corrected chi connectivity index (χ1v) is 9.60. The summed E-state index contributed by atoms with van der Waals surface area (Å²) in [6, 6.07) is 3.96. The van der Waals surface area contributed by atoms with Gasteiger partial charge in [-0.25, -0.2) is 0 Å². The molecule has 2 atom stereocenters. The van der Waals surface area contributed by atoms with Gasteiger partial charge < -0.3 is 0 Å². The molecule has 1 radical (unpaired) electrons. The first kappa shape index (κ1) is 20.5. The summed E-state index contributed by atoms with van der Waals surface area (Å²) in [4.78, 5) is 0. The van der Waals surface area contributed by atoms with Crippen LogP contribution in [-0.2, 0) is 26.8 Å². The van der Waals surface area contributed by atoms with Gasteiger partial charge in [0.05, 0.1) is 0 Å². The van der Waals surface area contributed by atoms with Crippen molar-refractivity contribution in [2.45, 2.75) is 83.7 Å². The second-order valence-electron chi connectivity index (χ2n) is 9.25. The maximum atomic E-state index is 10.9. The first-order valence-electron chi connectivity index (χ1n) is 9.08. The zero-order valence-corrected chi connectivity index (χ0v) is 17.3. The Labute approximate surface area is 161 Å². The van der Waals surface area contributed by atoms with E-state index < -0.39 is 0 Å². The van der Waals surface area contributed by atoms with Gasteiger partial charge in [0.1, 0.15) is 0 Å². The van der Waals surface area contributed by atoms with Crippen molar-refractivity contribution in [2.75, 3.05) is 0 Å². The number of hydrogen-bond donors (Lipinski definition) is 2. The van der Waals surface area contributed by atoms with Crippen LogP contribution < -0.4 is 10.1 Å². The zero-order chi connectivity index (χ0) is 19.0. The van der Waals surface area contributed by atoms with Crippen LogP contribution in [0, 0.1) is 0 Å². The molecule has 0 spiro atoms. The summed E-state index contributed by atoms with van der Waals surface area (Å²) in [5.74, 6) is 0.348. The third-order valence-electron chi connectivity index (χ3n) is 5.06. The van der Waals surface area contributed by atoms with Crippen molar-refractivity contribution < 1.29 is 21.1 Å². The third kappa shape index (κ3) is 4.67. The number of phenolic OH excluding ortho intramolecular Hbond substituents is 1. The van der Waals surface area contributed by atoms with E-state index in [4.69, 9.17) is 5.73 Å². The standard InChI is InChI=1S/C21H32N2O.Co/c1-20(2,3)15-11-14(19(24)16(12-15)21(4,5)6)10-13-8-7-9-17(22)18(13)23;/h10-12,17-18,22-24H,7-9H2,1-6H3;/q-1;+1. The number of aromatic hydroxyl groups is 1. The van der Waals surface area contributed by atoms with E-state index in [1.165, 1.54) is 5.56 Å². The van der Waals surface area contributed by atoms with Crippen LogP contribution in [0.3, 0.4) is 0 Å². The molecule has 1 fully saturated rings. The summed E-state index contributed by atoms with van der Waals surface area (Å²) in [6.45, 7) is 13.0. The number of rotatable bonds is 2. The molecule has 1 aliphatic rings. The molecule has 2 unspecified atom stereocenters. The summed E-state index contributed by atoms with van der Waals surface area (Å²) in [7, 11) is 0. The van der Waals surface area contributed by atoms with Crippen molar-refractivity contribution in [1.29, 1.82) is 0 Å². The predicted molar refractivity (Wildman–Crippen MR) is 101 cm³/mol. The number of benzene rings is 1. The van der Waals surface area contributed by atoms with E-state index in [9.17, 15) is 5.11 Å².